The molecule has 0 aliphatic carbocycles. The fourth-order valence-corrected chi connectivity index (χ4v) is 3.00. The van der Waals surface area contributed by atoms with Gasteiger partial charge in [0.05, 0.1) is 6.26 Å². The van der Waals surface area contributed by atoms with Crippen LogP contribution in [-0.2, 0) is 21.4 Å². The number of carbonyl (C=O) groups is 1. The molecule has 0 saturated heterocycles. The molecule has 0 aromatic carbocycles. The maximum Gasteiger partial charge on any atom is 0.221 e. The van der Waals surface area contributed by atoms with E-state index in [1.165, 1.54) is 4.31 Å². The molecule has 0 aliphatic rings. The predicted molar refractivity (Wildman–Crippen MR) is 77.4 cm³/mol. The maximum absolute atomic E-state index is 11.7. The molecule has 0 saturated carbocycles. The molecule has 0 aliphatic heterocycles. The number of hydrogen-bond acceptors (Lipinski definition) is 4. The molecule has 112 valence electrons. The largest absolute Gasteiger partial charge is 0.352 e. The molecule has 20 heavy (non-hydrogen) atoms. The summed E-state index contributed by atoms with van der Waals surface area (Å²) in [4.78, 5) is 15.7. The molecule has 0 spiro atoms. The number of sulfonamides is 1. The molecule has 1 aromatic heterocycles. The van der Waals surface area contributed by atoms with Crippen LogP contribution in [-0.4, -0.2) is 42.5 Å². The molecule has 0 atom stereocenters. The van der Waals surface area contributed by atoms with Gasteiger partial charge in [-0.1, -0.05) is 6.07 Å². The minimum atomic E-state index is -3.28. The van der Waals surface area contributed by atoms with Gasteiger partial charge >= 0.3 is 0 Å². The van der Waals surface area contributed by atoms with Crippen LogP contribution >= 0.6 is 0 Å². The van der Waals surface area contributed by atoms with Crippen molar-refractivity contribution in [2.45, 2.75) is 32.9 Å². The van der Waals surface area contributed by atoms with E-state index < -0.39 is 10.0 Å². The Balaban J connectivity index is 2.43. The van der Waals surface area contributed by atoms with E-state index in [1.54, 1.807) is 32.3 Å². The number of nitrogens with zero attached hydrogens (tertiary/aromatic N) is 2. The van der Waals surface area contributed by atoms with E-state index in [0.717, 1.165) is 11.8 Å². The number of hydrogen-bond donors (Lipinski definition) is 1. The molecule has 1 heterocycles. The van der Waals surface area contributed by atoms with Crippen LogP contribution in [0, 0.1) is 0 Å². The first-order valence-electron chi connectivity index (χ1n) is 6.43. The quantitative estimate of drug-likeness (QED) is 0.806. The van der Waals surface area contributed by atoms with Crippen molar-refractivity contribution >= 4 is 15.9 Å². The molecule has 0 fully saturated rings. The van der Waals surface area contributed by atoms with Crippen molar-refractivity contribution in [3.8, 4) is 0 Å². The van der Waals surface area contributed by atoms with Crippen LogP contribution in [0.5, 0.6) is 0 Å². The van der Waals surface area contributed by atoms with Gasteiger partial charge in [-0.15, -0.1) is 0 Å². The Morgan fingerprint density at radius 1 is 1.45 bits per heavy atom. The SMILES string of the molecule is CC(C)N(CCC(=O)NCc1cccnc1)S(C)(=O)=O. The Hall–Kier alpha value is -1.47. The first kappa shape index (κ1) is 16.6. The Morgan fingerprint density at radius 2 is 2.15 bits per heavy atom. The summed E-state index contributed by atoms with van der Waals surface area (Å²) in [5.41, 5.74) is 0.907. The van der Waals surface area contributed by atoms with Crippen LogP contribution in [0.15, 0.2) is 24.5 Å². The zero-order valence-corrected chi connectivity index (χ0v) is 12.9. The lowest BCUT2D eigenvalue weighted by Crippen LogP contribution is -2.39. The number of amides is 1. The first-order valence-corrected chi connectivity index (χ1v) is 8.28. The highest BCUT2D eigenvalue weighted by Crippen LogP contribution is 2.06. The van der Waals surface area contributed by atoms with Gasteiger partial charge in [0.2, 0.25) is 15.9 Å². The lowest BCUT2D eigenvalue weighted by Gasteiger charge is -2.23. The highest BCUT2D eigenvalue weighted by Gasteiger charge is 2.20. The van der Waals surface area contributed by atoms with Gasteiger partial charge in [-0.2, -0.15) is 4.31 Å². The van der Waals surface area contributed by atoms with E-state index in [0.29, 0.717) is 6.54 Å². The van der Waals surface area contributed by atoms with Crippen molar-refractivity contribution in [3.63, 3.8) is 0 Å². The second-order valence-electron chi connectivity index (χ2n) is 4.86. The normalized spacial score (nSPS) is 11.8. The molecular weight excluding hydrogens is 278 g/mol. The summed E-state index contributed by atoms with van der Waals surface area (Å²) in [6.45, 7) is 4.16. The van der Waals surface area contributed by atoms with Crippen molar-refractivity contribution in [1.29, 1.82) is 0 Å². The average molecular weight is 299 g/mol. The van der Waals surface area contributed by atoms with E-state index in [-0.39, 0.29) is 24.9 Å². The van der Waals surface area contributed by atoms with Gasteiger partial charge in [0.15, 0.2) is 0 Å². The van der Waals surface area contributed by atoms with Gasteiger partial charge in [-0.3, -0.25) is 9.78 Å². The Bertz CT molecular complexity index is 529. The summed E-state index contributed by atoms with van der Waals surface area (Å²) in [7, 11) is -3.28. The van der Waals surface area contributed by atoms with Crippen molar-refractivity contribution in [2.24, 2.45) is 0 Å². The van der Waals surface area contributed by atoms with Crippen molar-refractivity contribution in [2.75, 3.05) is 12.8 Å². The smallest absolute Gasteiger partial charge is 0.221 e. The zero-order chi connectivity index (χ0) is 15.2. The second-order valence-corrected chi connectivity index (χ2v) is 6.79. The topological polar surface area (TPSA) is 79.4 Å². The molecule has 7 heteroatoms. The number of rotatable bonds is 7. The summed E-state index contributed by atoms with van der Waals surface area (Å²) < 4.78 is 24.4. The van der Waals surface area contributed by atoms with E-state index in [2.05, 4.69) is 10.3 Å². The van der Waals surface area contributed by atoms with Crippen LogP contribution in [0.3, 0.4) is 0 Å². The minimum absolute atomic E-state index is 0.144. The van der Waals surface area contributed by atoms with Crippen LogP contribution in [0.25, 0.3) is 0 Å². The van der Waals surface area contributed by atoms with Gasteiger partial charge < -0.3 is 5.32 Å². The number of nitrogens with one attached hydrogen (secondary N) is 1. The fourth-order valence-electron chi connectivity index (χ4n) is 1.81. The van der Waals surface area contributed by atoms with Gasteiger partial charge in [0, 0.05) is 37.9 Å². The van der Waals surface area contributed by atoms with Gasteiger partial charge in [-0.25, -0.2) is 8.42 Å². The average Bonchev–Trinajstić information content (AvgIpc) is 2.35. The molecule has 1 aromatic rings. The van der Waals surface area contributed by atoms with E-state index in [9.17, 15) is 13.2 Å². The van der Waals surface area contributed by atoms with Gasteiger partial charge in [-0.05, 0) is 25.5 Å². The zero-order valence-electron chi connectivity index (χ0n) is 12.0. The highest BCUT2D eigenvalue weighted by atomic mass is 32.2. The van der Waals surface area contributed by atoms with Crippen LogP contribution < -0.4 is 5.32 Å². The third-order valence-electron chi connectivity index (χ3n) is 2.77. The van der Waals surface area contributed by atoms with E-state index in [4.69, 9.17) is 0 Å². The van der Waals surface area contributed by atoms with Crippen LogP contribution in [0.4, 0.5) is 0 Å². The summed E-state index contributed by atoms with van der Waals surface area (Å²) in [6.07, 6.45) is 4.64. The molecule has 0 radical (unpaired) electrons. The van der Waals surface area contributed by atoms with E-state index >= 15 is 0 Å². The van der Waals surface area contributed by atoms with Crippen LogP contribution in [0.2, 0.25) is 0 Å². The summed E-state index contributed by atoms with van der Waals surface area (Å²) >= 11 is 0. The second kappa shape index (κ2) is 7.35. The molecular formula is C13H21N3O3S. The Morgan fingerprint density at radius 3 is 2.65 bits per heavy atom. The van der Waals surface area contributed by atoms with Crippen molar-refractivity contribution in [1.82, 2.24) is 14.6 Å². The third-order valence-corrected chi connectivity index (χ3v) is 4.23. The molecule has 1 amide bonds. The summed E-state index contributed by atoms with van der Waals surface area (Å²) in [5, 5.41) is 2.74. The molecule has 6 nitrogen and oxygen atoms in total. The first-order chi connectivity index (χ1) is 9.30. The maximum atomic E-state index is 11.7. The molecule has 0 bridgehead atoms. The van der Waals surface area contributed by atoms with Crippen molar-refractivity contribution < 1.29 is 13.2 Å². The standard InChI is InChI=1S/C13H21N3O3S/c1-11(2)16(20(3,18)19)8-6-13(17)15-10-12-5-4-7-14-9-12/h4-5,7,9,11H,6,8,10H2,1-3H3,(H,15,17). The fraction of sp³-hybridized carbons (Fsp3) is 0.538. The Labute approximate surface area is 120 Å². The minimum Gasteiger partial charge on any atom is -0.352 e. The highest BCUT2D eigenvalue weighted by molar-refractivity contribution is 7.88. The summed E-state index contributed by atoms with van der Waals surface area (Å²) in [5.74, 6) is -0.178. The van der Waals surface area contributed by atoms with Crippen molar-refractivity contribution in [3.05, 3.63) is 30.1 Å². The number of carbonyl (C=O) groups excluding carboxylic acids is 1. The lowest BCUT2D eigenvalue weighted by atomic mass is 10.3. The van der Waals surface area contributed by atoms with Gasteiger partial charge in [0.25, 0.3) is 0 Å². The predicted octanol–water partition coefficient (Wildman–Crippen LogP) is 0.758. The van der Waals surface area contributed by atoms with Gasteiger partial charge in [0.1, 0.15) is 0 Å². The monoisotopic (exact) mass is 299 g/mol. The van der Waals surface area contributed by atoms with Crippen LogP contribution in [0.1, 0.15) is 25.8 Å². The molecule has 1 rings (SSSR count). The molecule has 0 unspecified atom stereocenters. The molecule has 1 N–H and O–H groups in total. The Kier molecular flexibility index (Phi) is 6.09. The lowest BCUT2D eigenvalue weighted by molar-refractivity contribution is -0.121. The number of pyridine rings is 1. The van der Waals surface area contributed by atoms with E-state index in [1.807, 2.05) is 6.07 Å². The number of aromatic nitrogens is 1. The third kappa shape index (κ3) is 5.66. The summed E-state index contributed by atoms with van der Waals surface area (Å²) in [6, 6.07) is 3.51.